The van der Waals surface area contributed by atoms with Crippen LogP contribution in [0.4, 0.5) is 9.18 Å². The zero-order chi connectivity index (χ0) is 20.5. The van der Waals surface area contributed by atoms with Crippen LogP contribution in [0.1, 0.15) is 50.6 Å². The molecule has 1 aliphatic rings. The van der Waals surface area contributed by atoms with Gasteiger partial charge in [-0.05, 0) is 51.8 Å². The first kappa shape index (κ1) is 20.4. The van der Waals surface area contributed by atoms with Gasteiger partial charge in [0.1, 0.15) is 17.5 Å². The van der Waals surface area contributed by atoms with Gasteiger partial charge in [-0.25, -0.2) is 14.2 Å². The Morgan fingerprint density at radius 2 is 2.04 bits per heavy atom. The van der Waals surface area contributed by atoms with E-state index in [0.717, 1.165) is 11.3 Å². The molecule has 7 heteroatoms. The van der Waals surface area contributed by atoms with Crippen molar-refractivity contribution in [3.05, 3.63) is 58.0 Å². The molecule has 0 fully saturated rings. The third-order valence-corrected chi connectivity index (χ3v) is 4.62. The Labute approximate surface area is 169 Å². The number of fused-ring (bicyclic) bond motifs is 1. The van der Waals surface area contributed by atoms with Crippen LogP contribution in [-0.2, 0) is 17.7 Å². The maximum absolute atomic E-state index is 14.1. The fourth-order valence-corrected chi connectivity index (χ4v) is 3.17. The monoisotopic (exact) mass is 406 g/mol. The predicted molar refractivity (Wildman–Crippen MR) is 105 cm³/mol. The molecule has 0 saturated heterocycles. The van der Waals surface area contributed by atoms with Crippen LogP contribution in [0, 0.1) is 5.82 Å². The molecule has 1 aromatic heterocycles. The fourth-order valence-electron chi connectivity index (χ4n) is 3.01. The van der Waals surface area contributed by atoms with E-state index in [-0.39, 0.29) is 6.09 Å². The number of carbonyl (C=O) groups excluding carboxylic acids is 1. The molecule has 1 aliphatic heterocycles. The van der Waals surface area contributed by atoms with Crippen molar-refractivity contribution in [3.63, 3.8) is 0 Å². The first-order valence-electron chi connectivity index (χ1n) is 9.21. The zero-order valence-electron chi connectivity index (χ0n) is 16.5. The molecule has 0 N–H and O–H groups in total. The molecule has 1 atom stereocenters. The van der Waals surface area contributed by atoms with Crippen molar-refractivity contribution in [3.8, 4) is 5.88 Å². The second-order valence-electron chi connectivity index (χ2n) is 7.83. The van der Waals surface area contributed by atoms with Gasteiger partial charge in [-0.1, -0.05) is 23.7 Å². The van der Waals surface area contributed by atoms with Crippen LogP contribution in [0.3, 0.4) is 0 Å². The van der Waals surface area contributed by atoms with Crippen molar-refractivity contribution in [2.45, 2.75) is 52.4 Å². The Balaban J connectivity index is 1.73. The van der Waals surface area contributed by atoms with E-state index in [0.29, 0.717) is 36.0 Å². The fraction of sp³-hybridized carbons (Fsp3) is 0.429. The third kappa shape index (κ3) is 4.93. The average molecular weight is 407 g/mol. The van der Waals surface area contributed by atoms with Gasteiger partial charge in [0.15, 0.2) is 0 Å². The summed E-state index contributed by atoms with van der Waals surface area (Å²) in [4.78, 5) is 18.5. The molecule has 0 bridgehead atoms. The normalized spacial score (nSPS) is 15.0. The van der Waals surface area contributed by atoms with E-state index < -0.39 is 17.5 Å². The number of nitrogens with zero attached hydrogens (tertiary/aromatic N) is 2. The van der Waals surface area contributed by atoms with Gasteiger partial charge in [-0.2, -0.15) is 0 Å². The molecule has 2 aromatic rings. The van der Waals surface area contributed by atoms with Gasteiger partial charge in [0.2, 0.25) is 5.88 Å². The standard InChI is InChI=1S/C21H24ClFN2O3/c1-13(16-7-6-15(22)11-17(16)23)27-19-8-5-14-9-10-25(12-18(14)24-19)20(26)28-21(2,3)4/h5-8,11,13H,9-10,12H2,1-4H3. The molecule has 1 unspecified atom stereocenters. The molecule has 150 valence electrons. The predicted octanol–water partition coefficient (Wildman–Crippen LogP) is 5.31. The summed E-state index contributed by atoms with van der Waals surface area (Å²) in [5.74, 6) is -0.0410. The second kappa shape index (κ2) is 7.95. The molecule has 0 radical (unpaired) electrons. The number of amides is 1. The Bertz CT molecular complexity index is 882. The minimum atomic E-state index is -0.548. The Morgan fingerprint density at radius 3 is 2.71 bits per heavy atom. The summed E-state index contributed by atoms with van der Waals surface area (Å²) in [5, 5.41) is 0.336. The lowest BCUT2D eigenvalue weighted by molar-refractivity contribution is 0.0220. The quantitative estimate of drug-likeness (QED) is 0.693. The highest BCUT2D eigenvalue weighted by atomic mass is 35.5. The van der Waals surface area contributed by atoms with Crippen LogP contribution in [0.5, 0.6) is 5.88 Å². The maximum Gasteiger partial charge on any atom is 0.410 e. The molecule has 1 aromatic carbocycles. The molecule has 0 spiro atoms. The second-order valence-corrected chi connectivity index (χ2v) is 8.27. The maximum atomic E-state index is 14.1. The Kier molecular flexibility index (Phi) is 5.79. The van der Waals surface area contributed by atoms with Crippen LogP contribution in [0.2, 0.25) is 5.02 Å². The van der Waals surface area contributed by atoms with E-state index >= 15 is 0 Å². The van der Waals surface area contributed by atoms with Crippen molar-refractivity contribution in [2.75, 3.05) is 6.54 Å². The van der Waals surface area contributed by atoms with Crippen LogP contribution in [0.25, 0.3) is 0 Å². The third-order valence-electron chi connectivity index (χ3n) is 4.38. The van der Waals surface area contributed by atoms with E-state index in [1.54, 1.807) is 30.0 Å². The summed E-state index contributed by atoms with van der Waals surface area (Å²) >= 11 is 5.80. The molecule has 0 aliphatic carbocycles. The summed E-state index contributed by atoms with van der Waals surface area (Å²) in [7, 11) is 0. The lowest BCUT2D eigenvalue weighted by Gasteiger charge is -2.30. The number of rotatable bonds is 3. The lowest BCUT2D eigenvalue weighted by atomic mass is 10.1. The largest absolute Gasteiger partial charge is 0.470 e. The summed E-state index contributed by atoms with van der Waals surface area (Å²) in [6.45, 7) is 8.20. The van der Waals surface area contributed by atoms with Crippen molar-refractivity contribution in [2.24, 2.45) is 0 Å². The van der Waals surface area contributed by atoms with E-state index in [1.807, 2.05) is 26.8 Å². The first-order valence-corrected chi connectivity index (χ1v) is 9.58. The van der Waals surface area contributed by atoms with E-state index in [1.165, 1.54) is 6.07 Å². The lowest BCUT2D eigenvalue weighted by Crippen LogP contribution is -2.40. The Hall–Kier alpha value is -2.34. The van der Waals surface area contributed by atoms with E-state index in [4.69, 9.17) is 21.1 Å². The molecule has 2 heterocycles. The van der Waals surface area contributed by atoms with Crippen molar-refractivity contribution in [1.82, 2.24) is 9.88 Å². The number of carbonyl (C=O) groups is 1. The number of pyridine rings is 1. The molecule has 0 saturated carbocycles. The number of hydrogen-bond acceptors (Lipinski definition) is 4. The summed E-state index contributed by atoms with van der Waals surface area (Å²) in [5.41, 5.74) is 1.68. The summed E-state index contributed by atoms with van der Waals surface area (Å²) in [6, 6.07) is 8.20. The molecule has 28 heavy (non-hydrogen) atoms. The summed E-state index contributed by atoms with van der Waals surface area (Å²) in [6.07, 6.45) is -0.195. The molecular formula is C21H24ClFN2O3. The van der Waals surface area contributed by atoms with E-state index in [9.17, 15) is 9.18 Å². The van der Waals surface area contributed by atoms with Crippen molar-refractivity contribution in [1.29, 1.82) is 0 Å². The minimum absolute atomic E-state index is 0.336. The van der Waals surface area contributed by atoms with Gasteiger partial charge in [0.25, 0.3) is 0 Å². The molecule has 3 rings (SSSR count). The van der Waals surface area contributed by atoms with Gasteiger partial charge in [-0.3, -0.25) is 0 Å². The van der Waals surface area contributed by atoms with Crippen LogP contribution in [-0.4, -0.2) is 28.1 Å². The van der Waals surface area contributed by atoms with Crippen LogP contribution < -0.4 is 4.74 Å². The van der Waals surface area contributed by atoms with Crippen molar-refractivity contribution >= 4 is 17.7 Å². The highest BCUT2D eigenvalue weighted by molar-refractivity contribution is 6.30. The van der Waals surface area contributed by atoms with E-state index in [2.05, 4.69) is 4.98 Å². The number of aromatic nitrogens is 1. The zero-order valence-corrected chi connectivity index (χ0v) is 17.2. The number of halogens is 2. The van der Waals surface area contributed by atoms with Crippen LogP contribution >= 0.6 is 11.6 Å². The molecule has 5 nitrogen and oxygen atoms in total. The van der Waals surface area contributed by atoms with Crippen molar-refractivity contribution < 1.29 is 18.7 Å². The minimum Gasteiger partial charge on any atom is -0.470 e. The number of hydrogen-bond donors (Lipinski definition) is 0. The topological polar surface area (TPSA) is 51.7 Å². The van der Waals surface area contributed by atoms with Crippen LogP contribution in [0.15, 0.2) is 30.3 Å². The van der Waals surface area contributed by atoms with Gasteiger partial charge in [-0.15, -0.1) is 0 Å². The van der Waals surface area contributed by atoms with Gasteiger partial charge >= 0.3 is 6.09 Å². The smallest absolute Gasteiger partial charge is 0.410 e. The SMILES string of the molecule is CC(Oc1ccc2c(n1)CN(C(=O)OC(C)(C)C)CC2)c1ccc(Cl)cc1F. The molecular weight excluding hydrogens is 383 g/mol. The highest BCUT2D eigenvalue weighted by Gasteiger charge is 2.27. The number of benzene rings is 1. The molecule has 1 amide bonds. The highest BCUT2D eigenvalue weighted by Crippen LogP contribution is 2.27. The number of ether oxygens (including phenoxy) is 2. The van der Waals surface area contributed by atoms with Gasteiger partial charge in [0, 0.05) is 23.2 Å². The Morgan fingerprint density at radius 1 is 1.29 bits per heavy atom. The first-order chi connectivity index (χ1) is 13.1. The van der Waals surface area contributed by atoms with Gasteiger partial charge < -0.3 is 14.4 Å². The summed E-state index contributed by atoms with van der Waals surface area (Å²) < 4.78 is 25.4. The van der Waals surface area contributed by atoms with Gasteiger partial charge in [0.05, 0.1) is 12.2 Å². The average Bonchev–Trinajstić information content (AvgIpc) is 2.59.